The fourth-order valence-electron chi connectivity index (χ4n) is 4.46. The van der Waals surface area contributed by atoms with Crippen molar-refractivity contribution in [2.45, 2.75) is 62.8 Å². The first-order valence-electron chi connectivity index (χ1n) is 11.1. The molecule has 6 rings (SSSR count). The number of H-pyrrole nitrogens is 1. The number of rotatable bonds is 8. The number of hydrazone groups is 1. The van der Waals surface area contributed by atoms with Crippen LogP contribution in [-0.4, -0.2) is 39.2 Å². The molecule has 7 heteroatoms. The lowest BCUT2D eigenvalue weighted by Gasteiger charge is -2.08. The highest BCUT2D eigenvalue weighted by Crippen LogP contribution is 2.49. The summed E-state index contributed by atoms with van der Waals surface area (Å²) >= 11 is 0. The van der Waals surface area contributed by atoms with Crippen molar-refractivity contribution in [2.24, 2.45) is 5.10 Å². The Kier molecular flexibility index (Phi) is 4.30. The number of hydrogen-bond donors (Lipinski definition) is 3. The van der Waals surface area contributed by atoms with Crippen molar-refractivity contribution in [3.05, 3.63) is 52.4 Å². The van der Waals surface area contributed by atoms with Gasteiger partial charge in [-0.15, -0.1) is 0 Å². The first-order chi connectivity index (χ1) is 14.8. The first-order valence-corrected chi connectivity index (χ1v) is 11.1. The van der Waals surface area contributed by atoms with E-state index in [1.165, 1.54) is 55.3 Å². The van der Waals surface area contributed by atoms with Gasteiger partial charge in [-0.3, -0.25) is 14.8 Å². The Morgan fingerprint density at radius 2 is 1.93 bits per heavy atom. The van der Waals surface area contributed by atoms with E-state index in [4.69, 9.17) is 0 Å². The predicted molar refractivity (Wildman–Crippen MR) is 114 cm³/mol. The minimum Gasteiger partial charge on any atom is -0.358 e. The molecule has 3 fully saturated rings. The molecule has 3 N–H and O–H groups in total. The number of amides is 1. The third kappa shape index (κ3) is 3.47. The van der Waals surface area contributed by atoms with Gasteiger partial charge in [-0.05, 0) is 80.5 Å². The summed E-state index contributed by atoms with van der Waals surface area (Å²) in [5, 5.41) is 7.90. The fraction of sp³-hybridized carbons (Fsp3) is 0.478. The second-order valence-corrected chi connectivity index (χ2v) is 8.92. The van der Waals surface area contributed by atoms with Crippen LogP contribution >= 0.6 is 0 Å². The van der Waals surface area contributed by atoms with E-state index < -0.39 is 0 Å². The second-order valence-electron chi connectivity index (χ2n) is 8.92. The van der Waals surface area contributed by atoms with E-state index in [-0.39, 0.29) is 5.91 Å². The van der Waals surface area contributed by atoms with E-state index in [2.05, 4.69) is 30.8 Å². The van der Waals surface area contributed by atoms with Gasteiger partial charge in [-0.2, -0.15) is 5.10 Å². The minimum absolute atomic E-state index is 0.183. The van der Waals surface area contributed by atoms with Crippen LogP contribution in [0.4, 0.5) is 0 Å². The van der Waals surface area contributed by atoms with Gasteiger partial charge in [0.05, 0.1) is 11.8 Å². The molecular formula is C23H26N6O. The molecule has 4 aliphatic rings. The zero-order valence-corrected chi connectivity index (χ0v) is 16.9. The number of hydrogen-bond acceptors (Lipinski definition) is 5. The first kappa shape index (κ1) is 18.0. The van der Waals surface area contributed by atoms with Crippen LogP contribution in [-0.2, 0) is 11.2 Å². The molecule has 1 amide bonds. The summed E-state index contributed by atoms with van der Waals surface area (Å²) in [4.78, 5) is 24.8. The molecule has 3 saturated carbocycles. The van der Waals surface area contributed by atoms with Crippen LogP contribution in [0.1, 0.15) is 78.6 Å². The average Bonchev–Trinajstić information content (AvgIpc) is 3.64. The van der Waals surface area contributed by atoms with E-state index in [0.29, 0.717) is 28.8 Å². The summed E-state index contributed by atoms with van der Waals surface area (Å²) in [5.74, 6) is 1.07. The predicted octanol–water partition coefficient (Wildman–Crippen LogP) is 2.77. The van der Waals surface area contributed by atoms with Gasteiger partial charge < -0.3 is 10.3 Å². The van der Waals surface area contributed by atoms with E-state index in [1.54, 1.807) is 18.6 Å². The van der Waals surface area contributed by atoms with Crippen molar-refractivity contribution in [2.75, 3.05) is 6.54 Å². The molecule has 0 bridgehead atoms. The topological polar surface area (TPSA) is 95.1 Å². The number of nitrogens with one attached hydrogen (secondary N) is 3. The lowest BCUT2D eigenvalue weighted by atomic mass is 9.97. The van der Waals surface area contributed by atoms with Crippen LogP contribution in [0.2, 0.25) is 0 Å². The molecule has 2 aromatic heterocycles. The highest BCUT2D eigenvalue weighted by atomic mass is 16.2. The largest absolute Gasteiger partial charge is 0.358 e. The molecule has 0 radical (unpaired) electrons. The summed E-state index contributed by atoms with van der Waals surface area (Å²) in [5.41, 5.74) is 9.75. The monoisotopic (exact) mass is 402 g/mol. The molecule has 2 aromatic rings. The summed E-state index contributed by atoms with van der Waals surface area (Å²) < 4.78 is 0. The summed E-state index contributed by atoms with van der Waals surface area (Å²) in [6.45, 7) is 1.03. The zero-order chi connectivity index (χ0) is 20.1. The van der Waals surface area contributed by atoms with Gasteiger partial charge in [0.15, 0.2) is 0 Å². The molecule has 7 nitrogen and oxygen atoms in total. The number of nitrogens with zero attached hydrogens (tertiary/aromatic N) is 3. The Labute approximate surface area is 175 Å². The van der Waals surface area contributed by atoms with Gasteiger partial charge in [0.1, 0.15) is 11.4 Å². The Hall–Kier alpha value is -2.80. The second kappa shape index (κ2) is 7.16. The van der Waals surface area contributed by atoms with Gasteiger partial charge in [-0.1, -0.05) is 0 Å². The Bertz CT molecular complexity index is 1040. The smallest absolute Gasteiger partial charge is 0.273 e. The molecule has 0 spiro atoms. The third-order valence-corrected chi connectivity index (χ3v) is 6.43. The van der Waals surface area contributed by atoms with E-state index in [0.717, 1.165) is 24.7 Å². The van der Waals surface area contributed by atoms with Gasteiger partial charge >= 0.3 is 0 Å². The standard InChI is InChI=1S/C23H26N6O/c30-23-17(22(28-29-23)19-12-24-9-10-26-19)11-18-20(13-1-2-13)16(7-8-25-15-5-6-15)21(27-18)14-3-4-14/h9-15,25,27H,1-8H2,(H,29,30)/b17-11+. The van der Waals surface area contributed by atoms with Crippen LogP contribution in [0.5, 0.6) is 0 Å². The maximum Gasteiger partial charge on any atom is 0.273 e. The van der Waals surface area contributed by atoms with Crippen molar-refractivity contribution < 1.29 is 4.79 Å². The molecule has 0 aromatic carbocycles. The number of aromatic nitrogens is 3. The molecule has 30 heavy (non-hydrogen) atoms. The quantitative estimate of drug-likeness (QED) is 0.592. The third-order valence-electron chi connectivity index (χ3n) is 6.43. The Balaban J connectivity index is 1.38. The molecule has 0 unspecified atom stereocenters. The number of aromatic amines is 1. The van der Waals surface area contributed by atoms with E-state index in [9.17, 15) is 4.79 Å². The van der Waals surface area contributed by atoms with Crippen LogP contribution in [0.25, 0.3) is 6.08 Å². The number of carbonyl (C=O) groups excluding carboxylic acids is 1. The summed E-state index contributed by atoms with van der Waals surface area (Å²) in [7, 11) is 0. The molecule has 3 heterocycles. The maximum atomic E-state index is 12.6. The Morgan fingerprint density at radius 1 is 1.10 bits per heavy atom. The molecule has 3 aliphatic carbocycles. The van der Waals surface area contributed by atoms with Crippen molar-refractivity contribution in [1.29, 1.82) is 0 Å². The molecule has 0 atom stereocenters. The molecular weight excluding hydrogens is 376 g/mol. The molecule has 0 saturated heterocycles. The SMILES string of the molecule is O=C1NN=C(c2cnccn2)/C1=C\c1[nH]c(C2CC2)c(CCNC2CC2)c1C1CC1. The normalized spacial score (nSPS) is 22.5. The molecule has 1 aliphatic heterocycles. The number of carbonyl (C=O) groups is 1. The van der Waals surface area contributed by atoms with Crippen molar-refractivity contribution in [3.63, 3.8) is 0 Å². The maximum absolute atomic E-state index is 12.6. The summed E-state index contributed by atoms with van der Waals surface area (Å²) in [6.07, 6.45) is 15.6. The lowest BCUT2D eigenvalue weighted by molar-refractivity contribution is -0.116. The van der Waals surface area contributed by atoms with E-state index >= 15 is 0 Å². The lowest BCUT2D eigenvalue weighted by Crippen LogP contribution is -2.20. The average molecular weight is 403 g/mol. The van der Waals surface area contributed by atoms with Crippen molar-refractivity contribution >= 4 is 17.7 Å². The summed E-state index contributed by atoms with van der Waals surface area (Å²) in [6, 6.07) is 0.729. The highest BCUT2D eigenvalue weighted by molar-refractivity contribution is 6.32. The zero-order valence-electron chi connectivity index (χ0n) is 16.9. The van der Waals surface area contributed by atoms with Gasteiger partial charge in [0.25, 0.3) is 5.91 Å². The van der Waals surface area contributed by atoms with Gasteiger partial charge in [0.2, 0.25) is 0 Å². The van der Waals surface area contributed by atoms with Crippen LogP contribution in [0.3, 0.4) is 0 Å². The fourth-order valence-corrected chi connectivity index (χ4v) is 4.46. The van der Waals surface area contributed by atoms with Crippen LogP contribution in [0, 0.1) is 0 Å². The minimum atomic E-state index is -0.183. The van der Waals surface area contributed by atoms with Crippen molar-refractivity contribution in [1.82, 2.24) is 25.7 Å². The highest BCUT2D eigenvalue weighted by Gasteiger charge is 2.36. The van der Waals surface area contributed by atoms with Crippen LogP contribution in [0.15, 0.2) is 29.3 Å². The van der Waals surface area contributed by atoms with Crippen molar-refractivity contribution in [3.8, 4) is 0 Å². The van der Waals surface area contributed by atoms with Gasteiger partial charge in [0, 0.05) is 29.8 Å². The van der Waals surface area contributed by atoms with Crippen LogP contribution < -0.4 is 10.7 Å². The van der Waals surface area contributed by atoms with Gasteiger partial charge in [-0.25, -0.2) is 5.43 Å². The van der Waals surface area contributed by atoms with E-state index in [1.807, 2.05) is 6.08 Å². The molecule has 154 valence electrons. The Morgan fingerprint density at radius 3 is 2.63 bits per heavy atom.